The third-order valence-electron chi connectivity index (χ3n) is 4.76. The summed E-state index contributed by atoms with van der Waals surface area (Å²) < 4.78 is 42.2. The average molecular weight is 453 g/mol. The molecule has 0 aliphatic heterocycles. The van der Waals surface area contributed by atoms with Crippen LogP contribution in [0, 0.1) is 12.8 Å². The summed E-state index contributed by atoms with van der Waals surface area (Å²) in [5, 5.41) is 2.11. The van der Waals surface area contributed by atoms with Crippen LogP contribution in [0.15, 0.2) is 41.1 Å². The van der Waals surface area contributed by atoms with Crippen LogP contribution < -0.4 is 5.32 Å². The molecule has 0 bridgehead atoms. The van der Waals surface area contributed by atoms with E-state index in [0.717, 1.165) is 15.7 Å². The lowest BCUT2D eigenvalue weighted by molar-refractivity contribution is -0.158. The Morgan fingerprint density at radius 1 is 1.32 bits per heavy atom. The average Bonchev–Trinajstić information content (AvgIpc) is 3.36. The molecule has 1 N–H and O–H groups in total. The second kappa shape index (κ2) is 6.88. The normalized spacial score (nSPS) is 15.6. The number of nitrogens with one attached hydrogen (secondary N) is 1. The van der Waals surface area contributed by atoms with Crippen molar-refractivity contribution in [3.63, 3.8) is 0 Å². The van der Waals surface area contributed by atoms with E-state index in [4.69, 9.17) is 0 Å². The number of halogens is 4. The molecule has 1 atom stereocenters. The number of nitrogens with zero attached hydrogens (tertiary/aromatic N) is 3. The number of carbonyl (C=O) groups excluding carboxylic acids is 1. The number of aryl methyl sites for hydroxylation is 1. The highest BCUT2D eigenvalue weighted by Gasteiger charge is 2.50. The van der Waals surface area contributed by atoms with Crippen LogP contribution in [0.4, 0.5) is 13.2 Å². The fraction of sp³-hybridized carbons (Fsp3) is 0.316. The number of amides is 1. The molecule has 1 fully saturated rings. The van der Waals surface area contributed by atoms with Crippen molar-refractivity contribution in [2.24, 2.45) is 5.92 Å². The zero-order valence-electron chi connectivity index (χ0n) is 14.8. The van der Waals surface area contributed by atoms with Gasteiger partial charge in [0.15, 0.2) is 11.3 Å². The topological polar surface area (TPSA) is 59.3 Å². The second-order valence-corrected chi connectivity index (χ2v) is 7.83. The molecule has 0 saturated heterocycles. The highest BCUT2D eigenvalue weighted by molar-refractivity contribution is 9.10. The summed E-state index contributed by atoms with van der Waals surface area (Å²) in [5.74, 6) is -1.43. The fourth-order valence-corrected chi connectivity index (χ4v) is 3.58. The highest BCUT2D eigenvalue weighted by Crippen LogP contribution is 2.40. The molecule has 3 aromatic rings. The van der Waals surface area contributed by atoms with E-state index in [1.807, 2.05) is 37.3 Å². The van der Waals surface area contributed by atoms with E-state index in [-0.39, 0.29) is 11.3 Å². The Labute approximate surface area is 167 Å². The van der Waals surface area contributed by atoms with Gasteiger partial charge in [0.25, 0.3) is 5.91 Å². The first kappa shape index (κ1) is 18.9. The van der Waals surface area contributed by atoms with Crippen molar-refractivity contribution in [2.75, 3.05) is 0 Å². The zero-order chi connectivity index (χ0) is 20.1. The number of alkyl halides is 3. The summed E-state index contributed by atoms with van der Waals surface area (Å²) in [6.07, 6.45) is -2.17. The van der Waals surface area contributed by atoms with E-state index in [2.05, 4.69) is 31.2 Å². The first-order valence-electron chi connectivity index (χ1n) is 8.72. The highest BCUT2D eigenvalue weighted by atomic mass is 79.9. The molecule has 1 unspecified atom stereocenters. The lowest BCUT2D eigenvalue weighted by atomic mass is 10.1. The maximum absolute atomic E-state index is 13.3. The number of carbonyl (C=O) groups is 1. The van der Waals surface area contributed by atoms with Crippen LogP contribution in [0.5, 0.6) is 0 Å². The molecule has 2 aromatic heterocycles. The molecule has 1 aromatic carbocycles. The van der Waals surface area contributed by atoms with Gasteiger partial charge in [0.05, 0.1) is 5.69 Å². The standard InChI is InChI=1S/C19H16BrF3N4O/c1-10-7-14(12-3-2-4-13(20)8-12)25-17-15(24-9-27(10)17)18(28)26-16(11-5-6-11)19(21,22)23/h2-4,7-9,11,16H,5-6H2,1H3,(H,26,28). The summed E-state index contributed by atoms with van der Waals surface area (Å²) in [5.41, 5.74) is 2.30. The van der Waals surface area contributed by atoms with E-state index in [1.165, 1.54) is 6.33 Å². The second-order valence-electron chi connectivity index (χ2n) is 6.91. The molecular formula is C19H16BrF3N4O. The third-order valence-corrected chi connectivity index (χ3v) is 5.26. The third kappa shape index (κ3) is 3.63. The van der Waals surface area contributed by atoms with Gasteiger partial charge in [-0.25, -0.2) is 9.97 Å². The SMILES string of the molecule is Cc1cc(-c2cccc(Br)c2)nc2c(C(=O)NC(C3CC3)C(F)(F)F)ncn12. The smallest absolute Gasteiger partial charge is 0.339 e. The number of aromatic nitrogens is 3. The molecule has 146 valence electrons. The minimum atomic E-state index is -4.49. The lowest BCUT2D eigenvalue weighted by Gasteiger charge is -2.20. The Morgan fingerprint density at radius 3 is 2.71 bits per heavy atom. The van der Waals surface area contributed by atoms with Crippen LogP contribution in [0.1, 0.15) is 29.0 Å². The number of rotatable bonds is 4. The van der Waals surface area contributed by atoms with E-state index >= 15 is 0 Å². The van der Waals surface area contributed by atoms with Crippen LogP contribution in [-0.2, 0) is 0 Å². The van der Waals surface area contributed by atoms with Crippen LogP contribution in [0.25, 0.3) is 16.9 Å². The molecule has 5 nitrogen and oxygen atoms in total. The van der Waals surface area contributed by atoms with Gasteiger partial charge in [-0.2, -0.15) is 13.2 Å². The Morgan fingerprint density at radius 2 is 2.07 bits per heavy atom. The van der Waals surface area contributed by atoms with Crippen LogP contribution >= 0.6 is 15.9 Å². The predicted octanol–water partition coefficient (Wildman–Crippen LogP) is 4.54. The largest absolute Gasteiger partial charge is 0.408 e. The van der Waals surface area contributed by atoms with Crippen LogP contribution in [0.2, 0.25) is 0 Å². The summed E-state index contributed by atoms with van der Waals surface area (Å²) in [6.45, 7) is 1.82. The summed E-state index contributed by atoms with van der Waals surface area (Å²) >= 11 is 3.41. The molecule has 28 heavy (non-hydrogen) atoms. The van der Waals surface area contributed by atoms with Gasteiger partial charge >= 0.3 is 6.18 Å². The van der Waals surface area contributed by atoms with Gasteiger partial charge in [-0.3, -0.25) is 9.20 Å². The van der Waals surface area contributed by atoms with Crippen LogP contribution in [0.3, 0.4) is 0 Å². The first-order chi connectivity index (χ1) is 13.2. The van der Waals surface area contributed by atoms with E-state index in [9.17, 15) is 18.0 Å². The van der Waals surface area contributed by atoms with Crippen molar-refractivity contribution < 1.29 is 18.0 Å². The summed E-state index contributed by atoms with van der Waals surface area (Å²) in [6, 6.07) is 7.45. The predicted molar refractivity (Wildman–Crippen MR) is 101 cm³/mol. The maximum atomic E-state index is 13.3. The Kier molecular flexibility index (Phi) is 4.65. The Hall–Kier alpha value is -2.42. The van der Waals surface area contributed by atoms with E-state index < -0.39 is 24.0 Å². The minimum Gasteiger partial charge on any atom is -0.339 e. The van der Waals surface area contributed by atoms with E-state index in [1.54, 1.807) is 4.40 Å². The van der Waals surface area contributed by atoms with Crippen molar-refractivity contribution in [2.45, 2.75) is 32.0 Å². The molecule has 4 rings (SSSR count). The minimum absolute atomic E-state index is 0.116. The van der Waals surface area contributed by atoms with Crippen molar-refractivity contribution in [1.29, 1.82) is 0 Å². The molecule has 2 heterocycles. The number of hydrogen-bond acceptors (Lipinski definition) is 3. The van der Waals surface area contributed by atoms with Crippen molar-refractivity contribution in [3.8, 4) is 11.3 Å². The van der Waals surface area contributed by atoms with Gasteiger partial charge in [-0.05, 0) is 43.9 Å². The molecule has 1 saturated carbocycles. The van der Waals surface area contributed by atoms with E-state index in [0.29, 0.717) is 18.5 Å². The van der Waals surface area contributed by atoms with Gasteiger partial charge in [0, 0.05) is 15.7 Å². The van der Waals surface area contributed by atoms with Crippen LogP contribution in [-0.4, -0.2) is 32.5 Å². The molecule has 9 heteroatoms. The number of fused-ring (bicyclic) bond motifs is 1. The van der Waals surface area contributed by atoms with Crippen molar-refractivity contribution >= 4 is 27.5 Å². The molecular weight excluding hydrogens is 437 g/mol. The summed E-state index contributed by atoms with van der Waals surface area (Å²) in [7, 11) is 0. The Bertz CT molecular complexity index is 1060. The maximum Gasteiger partial charge on any atom is 0.408 e. The van der Waals surface area contributed by atoms with Gasteiger partial charge in [-0.1, -0.05) is 28.1 Å². The summed E-state index contributed by atoms with van der Waals surface area (Å²) in [4.78, 5) is 21.1. The molecule has 1 aliphatic rings. The Balaban J connectivity index is 1.72. The monoisotopic (exact) mass is 452 g/mol. The van der Waals surface area contributed by atoms with Crippen molar-refractivity contribution in [3.05, 3.63) is 52.5 Å². The zero-order valence-corrected chi connectivity index (χ0v) is 16.4. The number of benzene rings is 1. The van der Waals surface area contributed by atoms with Gasteiger partial charge in [-0.15, -0.1) is 0 Å². The molecule has 1 amide bonds. The molecule has 1 aliphatic carbocycles. The fourth-order valence-electron chi connectivity index (χ4n) is 3.18. The molecule has 0 spiro atoms. The van der Waals surface area contributed by atoms with Gasteiger partial charge in [0.1, 0.15) is 12.4 Å². The lowest BCUT2D eigenvalue weighted by Crippen LogP contribution is -2.47. The first-order valence-corrected chi connectivity index (χ1v) is 9.51. The molecule has 0 radical (unpaired) electrons. The van der Waals surface area contributed by atoms with Gasteiger partial charge in [0.2, 0.25) is 0 Å². The number of hydrogen-bond donors (Lipinski definition) is 1. The quantitative estimate of drug-likeness (QED) is 0.632. The van der Waals surface area contributed by atoms with Gasteiger partial charge < -0.3 is 5.32 Å². The number of imidazole rings is 1. The van der Waals surface area contributed by atoms with Crippen molar-refractivity contribution in [1.82, 2.24) is 19.7 Å².